The fourth-order valence-corrected chi connectivity index (χ4v) is 1.23. The van der Waals surface area contributed by atoms with Crippen LogP contribution in [0.15, 0.2) is 12.1 Å². The van der Waals surface area contributed by atoms with E-state index in [-0.39, 0.29) is 0 Å². The zero-order valence-corrected chi connectivity index (χ0v) is 8.83. The van der Waals surface area contributed by atoms with Gasteiger partial charge in [0.25, 0.3) is 0 Å². The normalized spacial score (nSPS) is 8.80. The molecule has 0 atom stereocenters. The number of ether oxygens (including phenoxy) is 2. The highest BCUT2D eigenvalue weighted by Gasteiger charge is 2.08. The summed E-state index contributed by atoms with van der Waals surface area (Å²) >= 11 is 0. The van der Waals surface area contributed by atoms with Gasteiger partial charge < -0.3 is 9.47 Å². The quantitative estimate of drug-likeness (QED) is 0.695. The lowest BCUT2D eigenvalue weighted by Crippen LogP contribution is -1.97. The first kappa shape index (κ1) is 11.0. The van der Waals surface area contributed by atoms with E-state index in [4.69, 9.17) is 22.3 Å². The molecule has 2 heteroatoms. The summed E-state index contributed by atoms with van der Waals surface area (Å²) in [5.41, 5.74) is 1.28. The first-order valence-corrected chi connectivity index (χ1v) is 4.54. The summed E-state index contributed by atoms with van der Waals surface area (Å²) < 4.78 is 10.5. The molecule has 1 rings (SSSR count). The van der Waals surface area contributed by atoms with Crippen molar-refractivity contribution in [2.45, 2.75) is 6.92 Å². The molecule has 2 nitrogen and oxygen atoms in total. The lowest BCUT2D eigenvalue weighted by atomic mass is 10.1. The molecular formula is C13H12O2. The van der Waals surface area contributed by atoms with E-state index in [1.165, 1.54) is 0 Å². The van der Waals surface area contributed by atoms with Crippen LogP contribution in [-0.2, 0) is 0 Å². The van der Waals surface area contributed by atoms with Gasteiger partial charge in [0.15, 0.2) is 0 Å². The van der Waals surface area contributed by atoms with Crippen molar-refractivity contribution >= 4 is 0 Å². The van der Waals surface area contributed by atoms with Gasteiger partial charge in [-0.15, -0.1) is 12.8 Å². The number of benzene rings is 1. The number of hydrogen-bond donors (Lipinski definition) is 0. The Labute approximate surface area is 90.2 Å². The van der Waals surface area contributed by atoms with E-state index in [2.05, 4.69) is 11.8 Å². The van der Waals surface area contributed by atoms with Crippen LogP contribution in [0.1, 0.15) is 18.1 Å². The Bertz CT molecular complexity index is 433. The van der Waals surface area contributed by atoms with Gasteiger partial charge in [-0.2, -0.15) is 0 Å². The molecule has 1 aromatic rings. The Balaban J connectivity index is 3.31. The van der Waals surface area contributed by atoms with Crippen LogP contribution in [0.2, 0.25) is 0 Å². The highest BCUT2D eigenvalue weighted by Crippen LogP contribution is 2.27. The van der Waals surface area contributed by atoms with Crippen molar-refractivity contribution in [1.29, 1.82) is 0 Å². The maximum absolute atomic E-state index is 5.38. The predicted octanol–water partition coefficient (Wildman–Crippen LogP) is 2.06. The van der Waals surface area contributed by atoms with Crippen molar-refractivity contribution in [3.8, 4) is 36.2 Å². The fourth-order valence-electron chi connectivity index (χ4n) is 1.23. The molecule has 0 aliphatic heterocycles. The van der Waals surface area contributed by atoms with Crippen LogP contribution < -0.4 is 9.47 Å². The van der Waals surface area contributed by atoms with Crippen molar-refractivity contribution < 1.29 is 9.47 Å². The molecule has 0 unspecified atom stereocenters. The van der Waals surface area contributed by atoms with Crippen LogP contribution >= 0.6 is 0 Å². The van der Waals surface area contributed by atoms with E-state index in [0.29, 0.717) is 29.2 Å². The summed E-state index contributed by atoms with van der Waals surface area (Å²) in [6, 6.07) is 3.43. The van der Waals surface area contributed by atoms with Gasteiger partial charge in [0.1, 0.15) is 11.5 Å². The Morgan fingerprint density at radius 2 is 1.67 bits per heavy atom. The number of rotatable bonds is 3. The minimum atomic E-state index is 0.547. The van der Waals surface area contributed by atoms with Gasteiger partial charge in [0.2, 0.25) is 0 Å². The van der Waals surface area contributed by atoms with Crippen LogP contribution in [0.5, 0.6) is 11.5 Å². The van der Waals surface area contributed by atoms with Crippen LogP contribution in [0, 0.1) is 24.7 Å². The van der Waals surface area contributed by atoms with E-state index in [1.54, 1.807) is 19.2 Å². The van der Waals surface area contributed by atoms with E-state index in [9.17, 15) is 0 Å². The minimum Gasteiger partial charge on any atom is -0.495 e. The molecule has 76 valence electrons. The Morgan fingerprint density at radius 1 is 1.13 bits per heavy atom. The van der Waals surface area contributed by atoms with Gasteiger partial charge in [-0.3, -0.25) is 0 Å². The maximum atomic E-state index is 5.38. The molecule has 1 aromatic carbocycles. The average molecular weight is 200 g/mol. The molecule has 0 bridgehead atoms. The second-order valence-electron chi connectivity index (χ2n) is 2.77. The Hall–Kier alpha value is -2.06. The number of hydrogen-bond acceptors (Lipinski definition) is 2. The van der Waals surface area contributed by atoms with Crippen molar-refractivity contribution in [3.63, 3.8) is 0 Å². The number of terminal acetylenes is 2. The molecule has 0 saturated carbocycles. The molecule has 0 aliphatic rings. The SMILES string of the molecule is C#Cc1cc(OCC)c(C#C)cc1OC. The summed E-state index contributed by atoms with van der Waals surface area (Å²) in [5.74, 6) is 6.27. The lowest BCUT2D eigenvalue weighted by Gasteiger charge is -2.10. The van der Waals surface area contributed by atoms with Gasteiger partial charge in [-0.25, -0.2) is 0 Å². The third-order valence-corrected chi connectivity index (χ3v) is 1.91. The van der Waals surface area contributed by atoms with Crippen LogP contribution in [0.3, 0.4) is 0 Å². The third-order valence-electron chi connectivity index (χ3n) is 1.91. The summed E-state index contributed by atoms with van der Waals surface area (Å²) in [6.07, 6.45) is 10.7. The van der Waals surface area contributed by atoms with Gasteiger partial charge in [0, 0.05) is 12.1 Å². The molecule has 0 saturated heterocycles. The molecule has 0 radical (unpaired) electrons. The molecule has 0 heterocycles. The molecule has 15 heavy (non-hydrogen) atoms. The summed E-state index contributed by atoms with van der Waals surface area (Å²) in [5, 5.41) is 0. The lowest BCUT2D eigenvalue weighted by molar-refractivity contribution is 0.338. The average Bonchev–Trinajstić information content (AvgIpc) is 2.28. The second-order valence-corrected chi connectivity index (χ2v) is 2.77. The van der Waals surface area contributed by atoms with E-state index < -0.39 is 0 Å². The van der Waals surface area contributed by atoms with E-state index in [0.717, 1.165) is 0 Å². The second kappa shape index (κ2) is 4.98. The standard InChI is InChI=1S/C13H12O2/c1-5-10-9-13(15-7-3)11(6-2)8-12(10)14-4/h1-2,8-9H,7H2,3-4H3. The monoisotopic (exact) mass is 200 g/mol. The topological polar surface area (TPSA) is 18.5 Å². The first-order chi connectivity index (χ1) is 7.26. The van der Waals surface area contributed by atoms with E-state index >= 15 is 0 Å². The molecule has 0 fully saturated rings. The first-order valence-electron chi connectivity index (χ1n) is 4.54. The molecule has 0 aromatic heterocycles. The largest absolute Gasteiger partial charge is 0.495 e. The van der Waals surface area contributed by atoms with Gasteiger partial charge in [-0.05, 0) is 6.92 Å². The smallest absolute Gasteiger partial charge is 0.136 e. The highest BCUT2D eigenvalue weighted by molar-refractivity contribution is 5.57. The Morgan fingerprint density at radius 3 is 2.13 bits per heavy atom. The molecule has 0 aliphatic carbocycles. The fraction of sp³-hybridized carbons (Fsp3) is 0.231. The van der Waals surface area contributed by atoms with Crippen LogP contribution in [0.25, 0.3) is 0 Å². The van der Waals surface area contributed by atoms with E-state index in [1.807, 2.05) is 6.92 Å². The van der Waals surface area contributed by atoms with Crippen molar-refractivity contribution in [1.82, 2.24) is 0 Å². The number of methoxy groups -OCH3 is 1. The van der Waals surface area contributed by atoms with Gasteiger partial charge >= 0.3 is 0 Å². The van der Waals surface area contributed by atoms with Gasteiger partial charge in [-0.1, -0.05) is 11.8 Å². The zero-order valence-electron chi connectivity index (χ0n) is 8.83. The minimum absolute atomic E-state index is 0.547. The van der Waals surface area contributed by atoms with Crippen molar-refractivity contribution in [2.75, 3.05) is 13.7 Å². The van der Waals surface area contributed by atoms with Crippen molar-refractivity contribution in [3.05, 3.63) is 23.3 Å². The van der Waals surface area contributed by atoms with Crippen LogP contribution in [-0.4, -0.2) is 13.7 Å². The van der Waals surface area contributed by atoms with Crippen LogP contribution in [0.4, 0.5) is 0 Å². The molecular weight excluding hydrogens is 188 g/mol. The zero-order chi connectivity index (χ0) is 11.3. The van der Waals surface area contributed by atoms with Crippen molar-refractivity contribution in [2.24, 2.45) is 0 Å². The molecule has 0 spiro atoms. The molecule has 0 amide bonds. The highest BCUT2D eigenvalue weighted by atomic mass is 16.5. The predicted molar refractivity (Wildman–Crippen MR) is 60.0 cm³/mol. The Kier molecular flexibility index (Phi) is 3.66. The third kappa shape index (κ3) is 2.24. The summed E-state index contributed by atoms with van der Waals surface area (Å²) in [4.78, 5) is 0. The maximum Gasteiger partial charge on any atom is 0.136 e. The van der Waals surface area contributed by atoms with Gasteiger partial charge in [0.05, 0.1) is 24.8 Å². The molecule has 0 N–H and O–H groups in total. The summed E-state index contributed by atoms with van der Waals surface area (Å²) in [6.45, 7) is 2.44. The summed E-state index contributed by atoms with van der Waals surface area (Å²) in [7, 11) is 1.55.